The number of pyridine rings is 1. The van der Waals surface area contributed by atoms with Crippen LogP contribution >= 0.6 is 0 Å². The molecule has 4 aromatic rings. The van der Waals surface area contributed by atoms with Gasteiger partial charge >= 0.3 is 5.97 Å². The van der Waals surface area contributed by atoms with E-state index < -0.39 is 11.5 Å². The number of benzene rings is 3. The highest BCUT2D eigenvalue weighted by Gasteiger charge is 2.58. The minimum atomic E-state index is -0.706. The molecule has 1 atom stereocenters. The molecule has 0 bridgehead atoms. The van der Waals surface area contributed by atoms with Crippen LogP contribution in [0.5, 0.6) is 0 Å². The average Bonchev–Trinajstić information content (AvgIpc) is 3.22. The molecular weight excluding hydrogens is 478 g/mol. The number of hydroxylamine groups is 2. The molecule has 2 fully saturated rings. The number of nitrogens with zero attached hydrogens (tertiary/aromatic N) is 3. The fourth-order valence-corrected chi connectivity index (χ4v) is 6.07. The first kappa shape index (κ1) is 24.5. The Hall–Kier alpha value is -3.81. The second-order valence-corrected chi connectivity index (χ2v) is 10.3. The van der Waals surface area contributed by atoms with E-state index in [1.165, 1.54) is 17.7 Å². The first-order valence-electron chi connectivity index (χ1n) is 13.1. The van der Waals surface area contributed by atoms with Gasteiger partial charge in [-0.2, -0.15) is 0 Å². The Labute approximate surface area is 221 Å². The molecule has 0 unspecified atom stereocenters. The number of fused-ring (bicyclic) bond motifs is 2. The first-order chi connectivity index (χ1) is 18.6. The predicted octanol–water partition coefficient (Wildman–Crippen LogP) is 4.88. The van der Waals surface area contributed by atoms with Gasteiger partial charge in [0.25, 0.3) is 0 Å². The minimum Gasteiger partial charge on any atom is -0.469 e. The summed E-state index contributed by atoms with van der Waals surface area (Å²) in [5.74, 6) is -1.04. The van der Waals surface area contributed by atoms with Gasteiger partial charge in [-0.3, -0.25) is 24.3 Å². The number of rotatable bonds is 6. The zero-order chi connectivity index (χ0) is 26.1. The normalized spacial score (nSPS) is 19.4. The van der Waals surface area contributed by atoms with E-state index in [9.17, 15) is 9.59 Å². The van der Waals surface area contributed by atoms with Crippen molar-refractivity contribution in [2.75, 3.05) is 20.2 Å². The fraction of sp³-hybridized carbons (Fsp3) is 0.323. The Balaban J connectivity index is 1.19. The summed E-state index contributed by atoms with van der Waals surface area (Å²) in [6.45, 7) is 2.55. The molecule has 7 nitrogen and oxygen atoms in total. The number of ether oxygens (including phenoxy) is 1. The summed E-state index contributed by atoms with van der Waals surface area (Å²) in [6.07, 6.45) is 3.21. The highest BCUT2D eigenvalue weighted by atomic mass is 16.7. The lowest BCUT2D eigenvalue weighted by Gasteiger charge is -2.45. The number of aromatic nitrogens is 1. The molecular formula is C31H31N3O4. The summed E-state index contributed by atoms with van der Waals surface area (Å²) in [7, 11) is 1.39. The van der Waals surface area contributed by atoms with Gasteiger partial charge in [-0.25, -0.2) is 5.06 Å². The van der Waals surface area contributed by atoms with Crippen LogP contribution in [0.2, 0.25) is 0 Å². The lowest BCUT2D eigenvalue weighted by molar-refractivity contribution is -0.229. The van der Waals surface area contributed by atoms with E-state index in [0.29, 0.717) is 12.8 Å². The maximum atomic E-state index is 13.2. The topological polar surface area (TPSA) is 72.0 Å². The largest absolute Gasteiger partial charge is 0.469 e. The van der Waals surface area contributed by atoms with E-state index in [2.05, 4.69) is 58.4 Å². The number of carbonyl (C=O) groups excluding carboxylic acids is 2. The molecule has 7 heteroatoms. The van der Waals surface area contributed by atoms with Crippen molar-refractivity contribution in [1.29, 1.82) is 0 Å². The number of piperidine rings is 1. The van der Waals surface area contributed by atoms with Gasteiger partial charge in [0.1, 0.15) is 6.61 Å². The van der Waals surface area contributed by atoms with Crippen molar-refractivity contribution in [3.8, 4) is 0 Å². The zero-order valence-corrected chi connectivity index (χ0v) is 21.5. The standard InChI is InChI=1S/C31H31N3O4/c1-37-30(36)27-19-29(35)34(38-21-23-9-10-24-5-2-3-6-26(24)17-23)31(27)12-15-33(16-13-31)20-22-8-11-25-7-4-14-32-28(25)18-22/h2-11,14,17-18,27H,12-13,15-16,19-21H2,1H3/t27-/m1/s1. The number of hydrogen-bond donors (Lipinski definition) is 0. The van der Waals surface area contributed by atoms with E-state index >= 15 is 0 Å². The summed E-state index contributed by atoms with van der Waals surface area (Å²) in [6, 6.07) is 24.7. The second-order valence-electron chi connectivity index (χ2n) is 10.3. The molecule has 2 saturated heterocycles. The number of methoxy groups -OCH3 is 1. The molecule has 0 saturated carbocycles. The molecule has 3 aromatic carbocycles. The van der Waals surface area contributed by atoms with Gasteiger partial charge in [0.05, 0.1) is 24.1 Å². The zero-order valence-electron chi connectivity index (χ0n) is 21.5. The van der Waals surface area contributed by atoms with E-state index in [0.717, 1.165) is 46.9 Å². The van der Waals surface area contributed by atoms with Crippen LogP contribution in [-0.4, -0.2) is 52.6 Å². The third kappa shape index (κ3) is 4.52. The molecule has 3 heterocycles. The Morgan fingerprint density at radius 2 is 1.68 bits per heavy atom. The van der Waals surface area contributed by atoms with Crippen molar-refractivity contribution in [3.63, 3.8) is 0 Å². The molecule has 2 aliphatic rings. The Bertz CT molecular complexity index is 1500. The van der Waals surface area contributed by atoms with Crippen LogP contribution in [0.25, 0.3) is 21.7 Å². The minimum absolute atomic E-state index is 0.112. The van der Waals surface area contributed by atoms with Gasteiger partial charge in [-0.1, -0.05) is 54.6 Å². The van der Waals surface area contributed by atoms with Crippen LogP contribution in [0.3, 0.4) is 0 Å². The first-order valence-corrected chi connectivity index (χ1v) is 13.1. The van der Waals surface area contributed by atoms with E-state index in [-0.39, 0.29) is 24.9 Å². The monoisotopic (exact) mass is 509 g/mol. The van der Waals surface area contributed by atoms with Crippen LogP contribution in [-0.2, 0) is 32.3 Å². The summed E-state index contributed by atoms with van der Waals surface area (Å²) in [4.78, 5) is 39.1. The summed E-state index contributed by atoms with van der Waals surface area (Å²) >= 11 is 0. The molecule has 194 valence electrons. The van der Waals surface area contributed by atoms with Crippen LogP contribution in [0.4, 0.5) is 0 Å². The van der Waals surface area contributed by atoms with Gasteiger partial charge in [0.2, 0.25) is 5.91 Å². The smallest absolute Gasteiger partial charge is 0.311 e. The Kier molecular flexibility index (Phi) is 6.55. The van der Waals surface area contributed by atoms with Crippen molar-refractivity contribution in [2.45, 2.75) is 38.0 Å². The molecule has 0 aliphatic carbocycles. The summed E-state index contributed by atoms with van der Waals surface area (Å²) in [5, 5.41) is 4.92. The van der Waals surface area contributed by atoms with Crippen LogP contribution in [0.1, 0.15) is 30.4 Å². The van der Waals surface area contributed by atoms with Crippen LogP contribution in [0.15, 0.2) is 79.0 Å². The van der Waals surface area contributed by atoms with Gasteiger partial charge in [0, 0.05) is 37.6 Å². The molecule has 1 amide bonds. The average molecular weight is 510 g/mol. The third-order valence-corrected chi connectivity index (χ3v) is 8.12. The van der Waals surface area contributed by atoms with Crippen molar-refractivity contribution < 1.29 is 19.2 Å². The second kappa shape index (κ2) is 10.2. The number of likely N-dealkylation sites (tertiary alicyclic amines) is 1. The van der Waals surface area contributed by atoms with Crippen molar-refractivity contribution in [2.24, 2.45) is 5.92 Å². The number of esters is 1. The van der Waals surface area contributed by atoms with Crippen molar-refractivity contribution in [3.05, 3.63) is 90.1 Å². The molecule has 1 aromatic heterocycles. The number of carbonyl (C=O) groups is 2. The predicted molar refractivity (Wildman–Crippen MR) is 145 cm³/mol. The summed E-state index contributed by atoms with van der Waals surface area (Å²) < 4.78 is 5.14. The van der Waals surface area contributed by atoms with E-state index in [4.69, 9.17) is 9.57 Å². The molecule has 0 radical (unpaired) electrons. The lowest BCUT2D eigenvalue weighted by Crippen LogP contribution is -2.57. The lowest BCUT2D eigenvalue weighted by atomic mass is 9.77. The summed E-state index contributed by atoms with van der Waals surface area (Å²) in [5.41, 5.74) is 2.46. The maximum absolute atomic E-state index is 13.2. The molecule has 2 aliphatic heterocycles. The van der Waals surface area contributed by atoms with Gasteiger partial charge in [-0.15, -0.1) is 0 Å². The quantitative estimate of drug-likeness (QED) is 0.345. The molecule has 1 spiro atoms. The number of amides is 1. The van der Waals surface area contributed by atoms with Crippen molar-refractivity contribution >= 4 is 33.6 Å². The fourth-order valence-electron chi connectivity index (χ4n) is 6.07. The van der Waals surface area contributed by atoms with Crippen LogP contribution < -0.4 is 0 Å². The van der Waals surface area contributed by atoms with Crippen LogP contribution in [0, 0.1) is 5.92 Å². The molecule has 38 heavy (non-hydrogen) atoms. The Morgan fingerprint density at radius 3 is 2.50 bits per heavy atom. The van der Waals surface area contributed by atoms with Gasteiger partial charge in [0.15, 0.2) is 0 Å². The SMILES string of the molecule is COC(=O)[C@H]1CC(=O)N(OCc2ccc3ccccc3c2)C12CCN(Cc1ccc3cccnc3c1)CC2. The molecule has 0 N–H and O–H groups in total. The molecule has 6 rings (SSSR count). The van der Waals surface area contributed by atoms with Crippen molar-refractivity contribution in [1.82, 2.24) is 14.9 Å². The van der Waals surface area contributed by atoms with Gasteiger partial charge in [-0.05, 0) is 52.9 Å². The van der Waals surface area contributed by atoms with Gasteiger partial charge < -0.3 is 4.74 Å². The van der Waals surface area contributed by atoms with E-state index in [1.54, 1.807) is 0 Å². The highest BCUT2D eigenvalue weighted by Crippen LogP contribution is 2.45. The highest BCUT2D eigenvalue weighted by molar-refractivity contribution is 5.88. The van der Waals surface area contributed by atoms with E-state index in [1.807, 2.05) is 30.5 Å². The third-order valence-electron chi connectivity index (χ3n) is 8.12. The maximum Gasteiger partial charge on any atom is 0.311 e. The Morgan fingerprint density at radius 1 is 0.947 bits per heavy atom. The number of hydrogen-bond acceptors (Lipinski definition) is 6.